The van der Waals surface area contributed by atoms with Gasteiger partial charge in [0.15, 0.2) is 0 Å². The lowest BCUT2D eigenvalue weighted by Crippen LogP contribution is -2.12. The fraction of sp³-hybridized carbons (Fsp3) is 0.211. The minimum Gasteiger partial charge on any atom is -0.469 e. The number of halogens is 1. The number of methoxy groups -OCH3 is 1. The Hall–Kier alpha value is -2.66. The number of esters is 1. The molecule has 0 saturated carbocycles. The third-order valence-electron chi connectivity index (χ3n) is 3.63. The number of nitrogens with one attached hydrogen (secondary N) is 1. The second kappa shape index (κ2) is 7.94. The molecule has 2 rings (SSSR count). The van der Waals surface area contributed by atoms with Gasteiger partial charge < -0.3 is 9.72 Å². The monoisotopic (exact) mass is 358 g/mol. The van der Waals surface area contributed by atoms with Crippen LogP contribution in [0, 0.1) is 0 Å². The van der Waals surface area contributed by atoms with Crippen molar-refractivity contribution in [2.75, 3.05) is 7.11 Å². The number of carbonyl (C=O) groups excluding carboxylic acids is 1. The fourth-order valence-electron chi connectivity index (χ4n) is 2.29. The van der Waals surface area contributed by atoms with Crippen LogP contribution >= 0.6 is 11.6 Å². The van der Waals surface area contributed by atoms with Crippen LogP contribution in [0.5, 0.6) is 0 Å². The smallest absolute Gasteiger partial charge is 0.309 e. The van der Waals surface area contributed by atoms with Crippen LogP contribution < -0.4 is 5.56 Å². The van der Waals surface area contributed by atoms with E-state index in [4.69, 9.17) is 11.6 Å². The third kappa shape index (κ3) is 4.45. The molecule has 0 saturated heterocycles. The fourth-order valence-corrected chi connectivity index (χ4v) is 2.47. The Morgan fingerprint density at radius 3 is 2.72 bits per heavy atom. The Morgan fingerprint density at radius 2 is 2.12 bits per heavy atom. The number of hydrogen-bond acceptors (Lipinski definition) is 4. The molecule has 5 nitrogen and oxygen atoms in total. The van der Waals surface area contributed by atoms with E-state index >= 15 is 0 Å². The number of aromatic nitrogens is 2. The van der Waals surface area contributed by atoms with Gasteiger partial charge in [0.05, 0.1) is 24.4 Å². The molecule has 0 amide bonds. The highest BCUT2D eigenvalue weighted by atomic mass is 35.5. The highest BCUT2D eigenvalue weighted by Gasteiger charge is 2.11. The summed E-state index contributed by atoms with van der Waals surface area (Å²) in [5.74, 6) is 0.0536. The predicted molar refractivity (Wildman–Crippen MR) is 101 cm³/mol. The molecule has 0 fully saturated rings. The molecule has 2 aromatic rings. The second-order valence-electron chi connectivity index (χ2n) is 5.67. The average Bonchev–Trinajstić information content (AvgIpc) is 2.58. The average molecular weight is 359 g/mol. The zero-order chi connectivity index (χ0) is 18.6. The standard InChI is InChI=1S/C19H19ClN2O3/c1-5-12(9-17(23)25-4)8-14(11(2)3)18-21-16-7-6-13(20)10-15(16)19(24)22-18/h5-8,10H,1,9H2,2-4H3,(H,21,22,24)/b12-8+. The Morgan fingerprint density at radius 1 is 1.40 bits per heavy atom. The molecule has 1 aromatic heterocycles. The maximum absolute atomic E-state index is 12.4. The maximum atomic E-state index is 12.4. The quantitative estimate of drug-likeness (QED) is 0.646. The van der Waals surface area contributed by atoms with Gasteiger partial charge >= 0.3 is 5.97 Å². The van der Waals surface area contributed by atoms with E-state index in [0.29, 0.717) is 32.9 Å². The number of rotatable bonds is 5. The SMILES string of the molecule is C=C/C(=C\C(=C(C)C)c1nc2ccc(Cl)cc2c(=O)[nH]1)CC(=O)OC. The van der Waals surface area contributed by atoms with E-state index in [1.54, 1.807) is 30.4 Å². The topological polar surface area (TPSA) is 72.0 Å². The van der Waals surface area contributed by atoms with Crippen molar-refractivity contribution in [2.45, 2.75) is 20.3 Å². The number of aromatic amines is 1. The Balaban J connectivity index is 2.59. The van der Waals surface area contributed by atoms with Gasteiger partial charge in [-0.1, -0.05) is 29.8 Å². The lowest BCUT2D eigenvalue weighted by Gasteiger charge is -2.09. The molecule has 0 atom stereocenters. The predicted octanol–water partition coefficient (Wildman–Crippen LogP) is 4.05. The van der Waals surface area contributed by atoms with Crippen molar-refractivity contribution in [1.29, 1.82) is 0 Å². The van der Waals surface area contributed by atoms with Crippen LogP contribution in [0.4, 0.5) is 0 Å². The van der Waals surface area contributed by atoms with Crippen molar-refractivity contribution in [3.63, 3.8) is 0 Å². The lowest BCUT2D eigenvalue weighted by molar-refractivity contribution is -0.139. The summed E-state index contributed by atoms with van der Waals surface area (Å²) in [7, 11) is 1.33. The number of nitrogens with zero attached hydrogens (tertiary/aromatic N) is 1. The van der Waals surface area contributed by atoms with E-state index in [0.717, 1.165) is 5.57 Å². The van der Waals surface area contributed by atoms with E-state index in [1.807, 2.05) is 13.8 Å². The van der Waals surface area contributed by atoms with E-state index in [2.05, 4.69) is 21.3 Å². The lowest BCUT2D eigenvalue weighted by atomic mass is 10.0. The molecule has 0 bridgehead atoms. The first-order valence-corrected chi connectivity index (χ1v) is 8.00. The van der Waals surface area contributed by atoms with E-state index < -0.39 is 0 Å². The molecular weight excluding hydrogens is 340 g/mol. The largest absolute Gasteiger partial charge is 0.469 e. The van der Waals surface area contributed by atoms with Gasteiger partial charge in [0.2, 0.25) is 0 Å². The second-order valence-corrected chi connectivity index (χ2v) is 6.10. The Kier molecular flexibility index (Phi) is 5.93. The zero-order valence-corrected chi connectivity index (χ0v) is 15.1. The molecule has 1 N–H and O–H groups in total. The van der Waals surface area contributed by atoms with Gasteiger partial charge in [0.25, 0.3) is 5.56 Å². The molecule has 25 heavy (non-hydrogen) atoms. The molecule has 0 aliphatic carbocycles. The van der Waals surface area contributed by atoms with Gasteiger partial charge in [-0.2, -0.15) is 0 Å². The molecule has 1 aromatic carbocycles. The molecule has 0 unspecified atom stereocenters. The molecule has 130 valence electrons. The van der Waals surface area contributed by atoms with Crippen molar-refractivity contribution < 1.29 is 9.53 Å². The van der Waals surface area contributed by atoms with Gasteiger partial charge in [-0.05, 0) is 43.7 Å². The molecule has 0 aliphatic heterocycles. The minimum atomic E-state index is -0.367. The number of allylic oxidation sites excluding steroid dienone is 4. The number of H-pyrrole nitrogens is 1. The number of ether oxygens (including phenoxy) is 1. The molecule has 0 aliphatic rings. The van der Waals surface area contributed by atoms with Crippen LogP contribution in [0.2, 0.25) is 5.02 Å². The summed E-state index contributed by atoms with van der Waals surface area (Å²) >= 11 is 5.94. The third-order valence-corrected chi connectivity index (χ3v) is 3.86. The highest BCUT2D eigenvalue weighted by Crippen LogP contribution is 2.22. The highest BCUT2D eigenvalue weighted by molar-refractivity contribution is 6.31. The summed E-state index contributed by atoms with van der Waals surface area (Å²) in [5, 5.41) is 0.897. The van der Waals surface area contributed by atoms with Gasteiger partial charge in [-0.25, -0.2) is 4.98 Å². The van der Waals surface area contributed by atoms with Gasteiger partial charge in [-0.15, -0.1) is 0 Å². The van der Waals surface area contributed by atoms with Crippen molar-refractivity contribution >= 4 is 34.0 Å². The van der Waals surface area contributed by atoms with Gasteiger partial charge in [0, 0.05) is 10.6 Å². The summed E-state index contributed by atoms with van der Waals surface area (Å²) < 4.78 is 4.69. The van der Waals surface area contributed by atoms with Crippen molar-refractivity contribution in [2.24, 2.45) is 0 Å². The van der Waals surface area contributed by atoms with Crippen LogP contribution in [0.25, 0.3) is 16.5 Å². The molecule has 1 heterocycles. The van der Waals surface area contributed by atoms with E-state index in [-0.39, 0.29) is 17.9 Å². The number of fused-ring (bicyclic) bond motifs is 1. The summed E-state index contributed by atoms with van der Waals surface area (Å²) in [6.45, 7) is 7.53. The van der Waals surface area contributed by atoms with Crippen LogP contribution in [0.1, 0.15) is 26.1 Å². The summed E-state index contributed by atoms with van der Waals surface area (Å²) in [6.07, 6.45) is 3.45. The van der Waals surface area contributed by atoms with E-state index in [9.17, 15) is 9.59 Å². The summed E-state index contributed by atoms with van der Waals surface area (Å²) in [4.78, 5) is 31.2. The number of hydrogen-bond donors (Lipinski definition) is 1. The van der Waals surface area contributed by atoms with Crippen LogP contribution in [-0.2, 0) is 9.53 Å². The van der Waals surface area contributed by atoms with E-state index in [1.165, 1.54) is 7.11 Å². The first-order valence-electron chi connectivity index (χ1n) is 7.63. The first-order chi connectivity index (χ1) is 11.8. The van der Waals surface area contributed by atoms with Crippen molar-refractivity contribution in [3.05, 3.63) is 69.3 Å². The Bertz CT molecular complexity index is 951. The number of carbonyl (C=O) groups is 1. The van der Waals surface area contributed by atoms with Crippen LogP contribution in [-0.4, -0.2) is 23.0 Å². The van der Waals surface area contributed by atoms with Gasteiger partial charge in [-0.3, -0.25) is 9.59 Å². The van der Waals surface area contributed by atoms with Crippen molar-refractivity contribution in [3.8, 4) is 0 Å². The first kappa shape index (κ1) is 18.7. The summed E-state index contributed by atoms with van der Waals surface area (Å²) in [5.41, 5.74) is 2.58. The number of benzene rings is 1. The maximum Gasteiger partial charge on any atom is 0.309 e. The molecular formula is C19H19ClN2O3. The normalized spacial score (nSPS) is 11.3. The Labute approximate surface area is 150 Å². The molecule has 0 spiro atoms. The van der Waals surface area contributed by atoms with Crippen LogP contribution in [0.15, 0.2) is 52.9 Å². The molecule has 0 radical (unpaired) electrons. The van der Waals surface area contributed by atoms with Crippen molar-refractivity contribution in [1.82, 2.24) is 9.97 Å². The minimum absolute atomic E-state index is 0.0875. The molecule has 6 heteroatoms. The van der Waals surface area contributed by atoms with Crippen LogP contribution in [0.3, 0.4) is 0 Å². The summed E-state index contributed by atoms with van der Waals surface area (Å²) in [6, 6.07) is 4.97. The zero-order valence-electron chi connectivity index (χ0n) is 14.4. The van der Waals surface area contributed by atoms with Gasteiger partial charge in [0.1, 0.15) is 5.82 Å².